The van der Waals surface area contributed by atoms with E-state index in [0.29, 0.717) is 13.0 Å². The Balaban J connectivity index is 3.02. The lowest BCUT2D eigenvalue weighted by atomic mass is 10.2. The summed E-state index contributed by atoms with van der Waals surface area (Å²) in [6.07, 6.45) is 4.33. The zero-order valence-electron chi connectivity index (χ0n) is 6.18. The van der Waals surface area contributed by atoms with Crippen LogP contribution in [0.25, 0.3) is 0 Å². The van der Waals surface area contributed by atoms with Crippen molar-refractivity contribution in [3.05, 3.63) is 0 Å². The van der Waals surface area contributed by atoms with E-state index in [1.165, 1.54) is 6.08 Å². The zero-order valence-corrected chi connectivity index (χ0v) is 6.93. The minimum Gasteiger partial charge on any atom is -0.281 e. The molecule has 11 heavy (non-hydrogen) atoms. The summed E-state index contributed by atoms with van der Waals surface area (Å²) < 4.78 is 0. The van der Waals surface area contributed by atoms with Crippen molar-refractivity contribution in [2.24, 2.45) is 4.99 Å². The number of isocyanates is 1. The Labute approximate surface area is 70.5 Å². The molecule has 0 N–H and O–H groups in total. The normalized spacial score (nSPS) is 8.82. The van der Waals surface area contributed by atoms with E-state index in [2.05, 4.69) is 4.99 Å². The smallest absolute Gasteiger partial charge is 0.234 e. The van der Waals surface area contributed by atoms with Crippen molar-refractivity contribution in [2.75, 3.05) is 6.54 Å². The summed E-state index contributed by atoms with van der Waals surface area (Å²) in [5.41, 5.74) is 0. The number of rotatable bonds is 6. The molecule has 0 aromatic heterocycles. The molecule has 0 bridgehead atoms. The van der Waals surface area contributed by atoms with Crippen LogP contribution in [0.2, 0.25) is 0 Å². The van der Waals surface area contributed by atoms with Gasteiger partial charge in [-0.2, -0.15) is 0 Å². The minimum atomic E-state index is -0.302. The van der Waals surface area contributed by atoms with Crippen molar-refractivity contribution in [2.45, 2.75) is 25.7 Å². The van der Waals surface area contributed by atoms with Crippen LogP contribution in [0.15, 0.2) is 4.99 Å². The van der Waals surface area contributed by atoms with Gasteiger partial charge in [0.25, 0.3) is 0 Å². The van der Waals surface area contributed by atoms with Crippen molar-refractivity contribution in [3.63, 3.8) is 0 Å². The first kappa shape index (κ1) is 10.3. The molecular weight excluding hydrogens is 166 g/mol. The number of nitrogens with zero attached hydrogens (tertiary/aromatic N) is 1. The van der Waals surface area contributed by atoms with Gasteiger partial charge in [0.15, 0.2) is 0 Å². The van der Waals surface area contributed by atoms with Gasteiger partial charge in [-0.05, 0) is 24.4 Å². The summed E-state index contributed by atoms with van der Waals surface area (Å²) in [4.78, 5) is 23.2. The molecule has 0 aliphatic heterocycles. The molecule has 0 aromatic rings. The molecule has 0 spiro atoms. The van der Waals surface area contributed by atoms with Crippen molar-refractivity contribution in [1.29, 1.82) is 0 Å². The van der Waals surface area contributed by atoms with Gasteiger partial charge in [-0.3, -0.25) is 4.79 Å². The van der Waals surface area contributed by atoms with Gasteiger partial charge < -0.3 is 0 Å². The highest BCUT2D eigenvalue weighted by molar-refractivity contribution is 6.63. The van der Waals surface area contributed by atoms with E-state index in [1.807, 2.05) is 0 Å². The van der Waals surface area contributed by atoms with E-state index in [0.717, 1.165) is 19.3 Å². The molecule has 0 aliphatic rings. The third-order valence-electron chi connectivity index (χ3n) is 1.21. The average molecular weight is 176 g/mol. The Bertz CT molecular complexity index is 160. The molecule has 0 radical (unpaired) electrons. The first-order valence-corrected chi connectivity index (χ1v) is 3.87. The summed E-state index contributed by atoms with van der Waals surface area (Å²) in [5, 5.41) is -0.302. The van der Waals surface area contributed by atoms with E-state index in [1.54, 1.807) is 0 Å². The van der Waals surface area contributed by atoms with Crippen LogP contribution in [-0.2, 0) is 9.59 Å². The van der Waals surface area contributed by atoms with Crippen molar-refractivity contribution in [3.8, 4) is 0 Å². The van der Waals surface area contributed by atoms with Crippen molar-refractivity contribution < 1.29 is 9.59 Å². The van der Waals surface area contributed by atoms with E-state index in [9.17, 15) is 9.59 Å². The monoisotopic (exact) mass is 175 g/mol. The first-order valence-electron chi connectivity index (χ1n) is 3.49. The van der Waals surface area contributed by atoms with Crippen LogP contribution in [-0.4, -0.2) is 17.9 Å². The molecule has 0 aromatic carbocycles. The third kappa shape index (κ3) is 9.34. The molecule has 3 nitrogen and oxygen atoms in total. The Morgan fingerprint density at radius 3 is 2.64 bits per heavy atom. The van der Waals surface area contributed by atoms with Gasteiger partial charge >= 0.3 is 0 Å². The summed E-state index contributed by atoms with van der Waals surface area (Å²) in [6, 6.07) is 0. The number of carbonyl (C=O) groups is 1. The number of hydrogen-bond acceptors (Lipinski definition) is 3. The van der Waals surface area contributed by atoms with E-state index >= 15 is 0 Å². The van der Waals surface area contributed by atoms with Crippen LogP contribution < -0.4 is 0 Å². The van der Waals surface area contributed by atoms with Crippen LogP contribution in [0.3, 0.4) is 0 Å². The lowest BCUT2D eigenvalue weighted by Gasteiger charge is -1.92. The molecular formula is C7H10ClNO2. The molecule has 4 heteroatoms. The highest BCUT2D eigenvalue weighted by Crippen LogP contribution is 2.01. The quantitative estimate of drug-likeness (QED) is 0.267. The fraction of sp³-hybridized carbons (Fsp3) is 0.714. The SMILES string of the molecule is O=C=NCCCCCC(=O)Cl. The first-order chi connectivity index (χ1) is 5.27. The molecule has 0 heterocycles. The van der Waals surface area contributed by atoms with Gasteiger partial charge in [-0.15, -0.1) is 0 Å². The van der Waals surface area contributed by atoms with Crippen LogP contribution >= 0.6 is 11.6 Å². The summed E-state index contributed by atoms with van der Waals surface area (Å²) in [5.74, 6) is 0. The fourth-order valence-corrected chi connectivity index (χ4v) is 0.811. The molecule has 0 aliphatic carbocycles. The second-order valence-electron chi connectivity index (χ2n) is 2.14. The average Bonchev–Trinajstić information content (AvgIpc) is 1.96. The number of hydrogen-bond donors (Lipinski definition) is 0. The Morgan fingerprint density at radius 1 is 1.36 bits per heavy atom. The maximum atomic E-state index is 10.2. The van der Waals surface area contributed by atoms with Gasteiger partial charge in [0.1, 0.15) is 0 Å². The zero-order chi connectivity index (χ0) is 8.53. The molecule has 0 rings (SSSR count). The maximum absolute atomic E-state index is 10.2. The van der Waals surface area contributed by atoms with Crippen LogP contribution in [0, 0.1) is 0 Å². The van der Waals surface area contributed by atoms with Gasteiger partial charge in [0.2, 0.25) is 11.3 Å². The van der Waals surface area contributed by atoms with Gasteiger partial charge in [-0.1, -0.05) is 6.42 Å². The minimum absolute atomic E-state index is 0.302. The van der Waals surface area contributed by atoms with Crippen molar-refractivity contribution >= 4 is 22.9 Å². The predicted molar refractivity (Wildman–Crippen MR) is 42.3 cm³/mol. The Hall–Kier alpha value is -0.660. The van der Waals surface area contributed by atoms with Gasteiger partial charge in [-0.25, -0.2) is 9.79 Å². The van der Waals surface area contributed by atoms with Crippen LogP contribution in [0.4, 0.5) is 0 Å². The largest absolute Gasteiger partial charge is 0.281 e. The van der Waals surface area contributed by atoms with Crippen molar-refractivity contribution in [1.82, 2.24) is 0 Å². The maximum Gasteiger partial charge on any atom is 0.234 e. The Morgan fingerprint density at radius 2 is 2.09 bits per heavy atom. The lowest BCUT2D eigenvalue weighted by molar-refractivity contribution is -0.111. The summed E-state index contributed by atoms with van der Waals surface area (Å²) in [7, 11) is 0. The van der Waals surface area contributed by atoms with Crippen LogP contribution in [0.5, 0.6) is 0 Å². The third-order valence-corrected chi connectivity index (χ3v) is 1.40. The van der Waals surface area contributed by atoms with E-state index in [-0.39, 0.29) is 5.24 Å². The second-order valence-corrected chi connectivity index (χ2v) is 2.56. The highest BCUT2D eigenvalue weighted by atomic mass is 35.5. The van der Waals surface area contributed by atoms with Crippen LogP contribution in [0.1, 0.15) is 25.7 Å². The predicted octanol–water partition coefficient (Wildman–Crippen LogP) is 1.65. The van der Waals surface area contributed by atoms with Gasteiger partial charge in [0, 0.05) is 6.42 Å². The number of carbonyl (C=O) groups excluding carboxylic acids is 2. The summed E-state index contributed by atoms with van der Waals surface area (Å²) in [6.45, 7) is 0.500. The van der Waals surface area contributed by atoms with E-state index < -0.39 is 0 Å². The number of aliphatic imine (C=N–C) groups is 1. The van der Waals surface area contributed by atoms with Gasteiger partial charge in [0.05, 0.1) is 6.54 Å². The molecule has 0 amide bonds. The van der Waals surface area contributed by atoms with E-state index in [4.69, 9.17) is 11.6 Å². The lowest BCUT2D eigenvalue weighted by Crippen LogP contribution is -1.87. The molecule has 62 valence electrons. The highest BCUT2D eigenvalue weighted by Gasteiger charge is 1.94. The standard InChI is InChI=1S/C7H10ClNO2/c8-7(11)4-2-1-3-5-9-6-10/h1-5H2. The molecule has 0 saturated heterocycles. The second kappa shape index (κ2) is 7.45. The topological polar surface area (TPSA) is 46.5 Å². The number of unbranched alkanes of at least 4 members (excludes halogenated alkanes) is 2. The Kier molecular flexibility index (Phi) is 7.00. The number of halogens is 1. The molecule has 0 saturated carbocycles. The fourth-order valence-electron chi connectivity index (χ4n) is 0.677. The molecule has 0 fully saturated rings. The molecule has 0 atom stereocenters. The summed E-state index contributed by atoms with van der Waals surface area (Å²) >= 11 is 5.09. The molecule has 0 unspecified atom stereocenters.